The summed E-state index contributed by atoms with van der Waals surface area (Å²) in [7, 11) is 10.1. The SMILES string of the molecule is COC(=O)c1c(-c2cc(OC)c(OC)c(OC)c2)c2cc(OC)c(OC)cc2c(=O)n1-c1ccc(N)c(OC)c1. The van der Waals surface area contributed by atoms with Gasteiger partial charge in [0.1, 0.15) is 11.4 Å². The van der Waals surface area contributed by atoms with Crippen LogP contribution in [0.3, 0.4) is 0 Å². The Balaban J connectivity index is 2.31. The number of carbonyl (C=O) groups excluding carboxylic acids is 1. The molecule has 0 amide bonds. The number of hydrogen-bond acceptors (Lipinski definition) is 10. The number of ether oxygens (including phenoxy) is 7. The third kappa shape index (κ3) is 4.55. The second kappa shape index (κ2) is 11.4. The highest BCUT2D eigenvalue weighted by molar-refractivity contribution is 6.08. The molecule has 0 spiro atoms. The van der Waals surface area contributed by atoms with E-state index in [0.29, 0.717) is 62.4 Å². The average molecular weight is 551 g/mol. The highest BCUT2D eigenvalue weighted by atomic mass is 16.5. The van der Waals surface area contributed by atoms with Crippen molar-refractivity contribution in [2.75, 3.05) is 55.5 Å². The van der Waals surface area contributed by atoms with Crippen LogP contribution in [0.5, 0.6) is 34.5 Å². The van der Waals surface area contributed by atoms with Crippen LogP contribution in [0.25, 0.3) is 27.6 Å². The highest BCUT2D eigenvalue weighted by Gasteiger charge is 2.28. The Bertz CT molecular complexity index is 1640. The minimum atomic E-state index is -0.770. The van der Waals surface area contributed by atoms with Crippen molar-refractivity contribution in [2.24, 2.45) is 0 Å². The fraction of sp³-hybridized carbons (Fsp3) is 0.241. The lowest BCUT2D eigenvalue weighted by Gasteiger charge is -2.21. The van der Waals surface area contributed by atoms with Crippen molar-refractivity contribution < 1.29 is 38.0 Å². The average Bonchev–Trinajstić information content (AvgIpc) is 2.99. The molecule has 11 nitrogen and oxygen atoms in total. The number of nitrogens with zero attached hydrogens (tertiary/aromatic N) is 1. The van der Waals surface area contributed by atoms with Crippen LogP contribution in [0.2, 0.25) is 0 Å². The molecule has 0 saturated carbocycles. The molecule has 0 atom stereocenters. The van der Waals surface area contributed by atoms with Crippen LogP contribution in [0.4, 0.5) is 5.69 Å². The molecule has 2 N–H and O–H groups in total. The summed E-state index contributed by atoms with van der Waals surface area (Å²) in [6, 6.07) is 11.3. The van der Waals surface area contributed by atoms with Crippen LogP contribution >= 0.6 is 0 Å². The number of benzene rings is 3. The summed E-state index contributed by atoms with van der Waals surface area (Å²) in [5.74, 6) is 1.27. The zero-order valence-corrected chi connectivity index (χ0v) is 23.2. The molecule has 0 saturated heterocycles. The number of pyridine rings is 1. The molecule has 4 rings (SSSR count). The first kappa shape index (κ1) is 28.0. The molecule has 40 heavy (non-hydrogen) atoms. The van der Waals surface area contributed by atoms with Crippen LogP contribution in [0.1, 0.15) is 10.5 Å². The molecule has 0 bridgehead atoms. The Morgan fingerprint density at radius 2 is 1.23 bits per heavy atom. The van der Waals surface area contributed by atoms with Gasteiger partial charge in [-0.15, -0.1) is 0 Å². The molecule has 1 heterocycles. The summed E-state index contributed by atoms with van der Waals surface area (Å²) in [6.45, 7) is 0. The standard InChI is InChI=1S/C29H30N2O9/c1-34-20-12-16(8-9-19(20)30)31-26(29(33)40-7)25(15-10-23(37-4)27(39-6)24(11-15)38-5)17-13-21(35-2)22(36-3)14-18(17)28(31)32/h8-14H,30H2,1-7H3. The summed E-state index contributed by atoms with van der Waals surface area (Å²) in [5, 5.41) is 0.640. The number of hydrogen-bond donors (Lipinski definition) is 1. The third-order valence-electron chi connectivity index (χ3n) is 6.49. The van der Waals surface area contributed by atoms with Gasteiger partial charge in [-0.05, 0) is 42.0 Å². The summed E-state index contributed by atoms with van der Waals surface area (Å²) in [6.07, 6.45) is 0. The largest absolute Gasteiger partial charge is 0.495 e. The monoisotopic (exact) mass is 550 g/mol. The van der Waals surface area contributed by atoms with E-state index in [-0.39, 0.29) is 11.1 Å². The summed E-state index contributed by atoms with van der Waals surface area (Å²) >= 11 is 0. The van der Waals surface area contributed by atoms with E-state index in [9.17, 15) is 9.59 Å². The van der Waals surface area contributed by atoms with Crippen molar-refractivity contribution in [1.82, 2.24) is 4.57 Å². The van der Waals surface area contributed by atoms with Gasteiger partial charge in [-0.2, -0.15) is 0 Å². The van der Waals surface area contributed by atoms with Gasteiger partial charge in [0.2, 0.25) is 5.75 Å². The van der Waals surface area contributed by atoms with Gasteiger partial charge in [-0.25, -0.2) is 4.79 Å². The van der Waals surface area contributed by atoms with Crippen molar-refractivity contribution in [3.63, 3.8) is 0 Å². The molecule has 0 aliphatic carbocycles. The quantitative estimate of drug-likeness (QED) is 0.240. The Morgan fingerprint density at radius 3 is 1.73 bits per heavy atom. The molecule has 0 aliphatic heterocycles. The first-order valence-corrected chi connectivity index (χ1v) is 12.0. The number of fused-ring (bicyclic) bond motifs is 1. The fourth-order valence-electron chi connectivity index (χ4n) is 4.62. The maximum Gasteiger partial charge on any atom is 0.355 e. The van der Waals surface area contributed by atoms with E-state index in [1.54, 1.807) is 42.5 Å². The van der Waals surface area contributed by atoms with Gasteiger partial charge in [0.25, 0.3) is 5.56 Å². The Labute approximate surface area is 230 Å². The molecule has 210 valence electrons. The molecule has 0 radical (unpaired) electrons. The lowest BCUT2D eigenvalue weighted by Crippen LogP contribution is -2.27. The predicted octanol–water partition coefficient (Wildman–Crippen LogP) is 4.08. The lowest BCUT2D eigenvalue weighted by atomic mass is 9.95. The summed E-state index contributed by atoms with van der Waals surface area (Å²) in [4.78, 5) is 27.7. The van der Waals surface area contributed by atoms with E-state index in [1.165, 1.54) is 54.3 Å². The fourth-order valence-corrected chi connectivity index (χ4v) is 4.62. The van der Waals surface area contributed by atoms with Gasteiger partial charge < -0.3 is 38.9 Å². The Hall–Kier alpha value is -5.06. The molecular formula is C29H30N2O9. The van der Waals surface area contributed by atoms with E-state index >= 15 is 0 Å². The number of esters is 1. The van der Waals surface area contributed by atoms with Crippen molar-refractivity contribution in [3.8, 4) is 51.3 Å². The minimum Gasteiger partial charge on any atom is -0.495 e. The van der Waals surface area contributed by atoms with E-state index in [2.05, 4.69) is 0 Å². The number of carbonyl (C=O) groups is 1. The van der Waals surface area contributed by atoms with Gasteiger partial charge >= 0.3 is 5.97 Å². The van der Waals surface area contributed by atoms with Crippen LogP contribution in [0, 0.1) is 0 Å². The number of anilines is 1. The van der Waals surface area contributed by atoms with E-state index < -0.39 is 11.5 Å². The van der Waals surface area contributed by atoms with Crippen molar-refractivity contribution in [1.29, 1.82) is 0 Å². The van der Waals surface area contributed by atoms with Gasteiger partial charge in [-0.3, -0.25) is 9.36 Å². The summed E-state index contributed by atoms with van der Waals surface area (Å²) < 4.78 is 39.5. The van der Waals surface area contributed by atoms with Gasteiger partial charge in [-0.1, -0.05) is 0 Å². The lowest BCUT2D eigenvalue weighted by molar-refractivity contribution is 0.0591. The molecule has 4 aromatic rings. The molecule has 0 fully saturated rings. The normalized spacial score (nSPS) is 10.7. The Kier molecular flexibility index (Phi) is 7.94. The molecule has 0 unspecified atom stereocenters. The number of nitrogen functional groups attached to an aromatic ring is 1. The van der Waals surface area contributed by atoms with E-state index in [4.69, 9.17) is 38.9 Å². The number of aromatic nitrogens is 1. The number of rotatable bonds is 9. The van der Waals surface area contributed by atoms with E-state index in [0.717, 1.165) is 0 Å². The predicted molar refractivity (Wildman–Crippen MR) is 150 cm³/mol. The molecule has 0 aliphatic rings. The number of methoxy groups -OCH3 is 7. The summed E-state index contributed by atoms with van der Waals surface area (Å²) in [5.41, 5.74) is 6.96. The first-order chi connectivity index (χ1) is 19.3. The minimum absolute atomic E-state index is 0.0617. The van der Waals surface area contributed by atoms with Gasteiger partial charge in [0, 0.05) is 17.0 Å². The molecule has 11 heteroatoms. The second-order valence-electron chi connectivity index (χ2n) is 8.45. The topological polar surface area (TPSA) is 130 Å². The molecule has 1 aromatic heterocycles. The zero-order valence-electron chi connectivity index (χ0n) is 23.2. The maximum absolute atomic E-state index is 14.2. The Morgan fingerprint density at radius 1 is 0.675 bits per heavy atom. The molecule has 3 aromatic carbocycles. The smallest absolute Gasteiger partial charge is 0.355 e. The first-order valence-electron chi connectivity index (χ1n) is 12.0. The van der Waals surface area contributed by atoms with Crippen molar-refractivity contribution in [2.45, 2.75) is 0 Å². The maximum atomic E-state index is 14.2. The zero-order chi connectivity index (χ0) is 29.1. The van der Waals surface area contributed by atoms with Crippen LogP contribution in [-0.4, -0.2) is 60.3 Å². The van der Waals surface area contributed by atoms with Crippen LogP contribution < -0.4 is 39.7 Å². The van der Waals surface area contributed by atoms with Gasteiger partial charge in [0.15, 0.2) is 23.0 Å². The third-order valence-corrected chi connectivity index (χ3v) is 6.49. The second-order valence-corrected chi connectivity index (χ2v) is 8.45. The van der Waals surface area contributed by atoms with E-state index in [1.807, 2.05) is 0 Å². The van der Waals surface area contributed by atoms with Crippen molar-refractivity contribution >= 4 is 22.4 Å². The van der Waals surface area contributed by atoms with Crippen molar-refractivity contribution in [3.05, 3.63) is 58.5 Å². The van der Waals surface area contributed by atoms with Crippen LogP contribution in [0.15, 0.2) is 47.3 Å². The number of nitrogens with two attached hydrogens (primary N) is 1. The van der Waals surface area contributed by atoms with Crippen LogP contribution in [-0.2, 0) is 4.74 Å². The highest BCUT2D eigenvalue weighted by Crippen LogP contribution is 2.45. The molecular weight excluding hydrogens is 520 g/mol. The van der Waals surface area contributed by atoms with Gasteiger partial charge in [0.05, 0.1) is 66.5 Å².